The van der Waals surface area contributed by atoms with E-state index in [1.54, 1.807) is 6.92 Å². The van der Waals surface area contributed by atoms with Crippen LogP contribution in [0, 0.1) is 0 Å². The maximum absolute atomic E-state index is 11.8. The lowest BCUT2D eigenvalue weighted by Gasteiger charge is -2.23. The van der Waals surface area contributed by atoms with E-state index in [-0.39, 0.29) is 6.61 Å². The molecule has 1 rings (SSSR count). The molecule has 0 spiro atoms. The minimum Gasteiger partial charge on any atom is -0.464 e. The van der Waals surface area contributed by atoms with Gasteiger partial charge in [-0.05, 0) is 24.6 Å². The van der Waals surface area contributed by atoms with E-state index in [1.165, 1.54) is 0 Å². The first-order chi connectivity index (χ1) is 11.2. The average Bonchev–Trinajstić information content (AvgIpc) is 2.55. The second-order valence-corrected chi connectivity index (χ2v) is 5.58. The summed E-state index contributed by atoms with van der Waals surface area (Å²) < 4.78 is 4.96. The van der Waals surface area contributed by atoms with Crippen LogP contribution in [-0.2, 0) is 20.7 Å². The fraction of sp³-hybridized carbons (Fsp3) is 0.500. The Kier molecular flexibility index (Phi) is 9.48. The van der Waals surface area contributed by atoms with Crippen LogP contribution in [-0.4, -0.2) is 49.9 Å². The number of esters is 1. The number of carbonyl (C=O) groups is 2. The minimum absolute atomic E-state index is 0.278. The van der Waals surface area contributed by atoms with Crippen LogP contribution in [0.25, 0.3) is 0 Å². The van der Waals surface area contributed by atoms with Crippen molar-refractivity contribution in [1.29, 1.82) is 0 Å². The van der Waals surface area contributed by atoms with Crippen LogP contribution in [0.15, 0.2) is 24.3 Å². The lowest BCUT2D eigenvalue weighted by molar-refractivity contribution is -0.146. The SMILES string of the molecule is CCOC(=O)[C@H](Cc1ccc(N(CCCl)CCCl)cc1)NC=O. The predicted octanol–water partition coefficient (Wildman–Crippen LogP) is 2.19. The smallest absolute Gasteiger partial charge is 0.328 e. The number of ether oxygens (including phenoxy) is 1. The van der Waals surface area contributed by atoms with Gasteiger partial charge < -0.3 is 15.0 Å². The monoisotopic (exact) mass is 360 g/mol. The fourth-order valence-electron chi connectivity index (χ4n) is 2.19. The number of rotatable bonds is 11. The van der Waals surface area contributed by atoms with E-state index in [2.05, 4.69) is 10.2 Å². The molecule has 1 atom stereocenters. The van der Waals surface area contributed by atoms with Crippen LogP contribution in [0.3, 0.4) is 0 Å². The third-order valence-corrected chi connectivity index (χ3v) is 3.63. The fourth-order valence-corrected chi connectivity index (χ4v) is 2.60. The molecular formula is C16H22Cl2N2O3. The number of nitrogens with zero attached hydrogens (tertiary/aromatic N) is 1. The number of hydrogen-bond donors (Lipinski definition) is 1. The Balaban J connectivity index is 2.77. The first kappa shape index (κ1) is 19.6. The van der Waals surface area contributed by atoms with Gasteiger partial charge in [0.2, 0.25) is 6.41 Å². The molecule has 5 nitrogen and oxygen atoms in total. The molecule has 1 aromatic carbocycles. The molecule has 0 saturated carbocycles. The first-order valence-electron chi connectivity index (χ1n) is 7.48. The van der Waals surface area contributed by atoms with E-state index in [9.17, 15) is 9.59 Å². The van der Waals surface area contributed by atoms with Crippen molar-refractivity contribution in [3.05, 3.63) is 29.8 Å². The lowest BCUT2D eigenvalue weighted by atomic mass is 10.1. The molecule has 7 heteroatoms. The average molecular weight is 361 g/mol. The van der Waals surface area contributed by atoms with Crippen molar-refractivity contribution < 1.29 is 14.3 Å². The van der Waals surface area contributed by atoms with Gasteiger partial charge in [0.25, 0.3) is 0 Å². The summed E-state index contributed by atoms with van der Waals surface area (Å²) in [6.07, 6.45) is 0.890. The van der Waals surface area contributed by atoms with Crippen molar-refractivity contribution in [3.8, 4) is 0 Å². The van der Waals surface area contributed by atoms with Crippen LogP contribution >= 0.6 is 23.2 Å². The van der Waals surface area contributed by atoms with Gasteiger partial charge in [-0.1, -0.05) is 12.1 Å². The molecular weight excluding hydrogens is 339 g/mol. The zero-order chi connectivity index (χ0) is 17.1. The van der Waals surface area contributed by atoms with E-state index in [1.807, 2.05) is 24.3 Å². The van der Waals surface area contributed by atoms with Crippen LogP contribution in [0.1, 0.15) is 12.5 Å². The van der Waals surface area contributed by atoms with E-state index >= 15 is 0 Å². The molecule has 0 bridgehead atoms. The summed E-state index contributed by atoms with van der Waals surface area (Å²) in [5.41, 5.74) is 1.95. The lowest BCUT2D eigenvalue weighted by Crippen LogP contribution is -2.39. The predicted molar refractivity (Wildman–Crippen MR) is 93.4 cm³/mol. The maximum atomic E-state index is 11.8. The van der Waals surface area contributed by atoms with Crippen molar-refractivity contribution in [2.45, 2.75) is 19.4 Å². The molecule has 1 aromatic rings. The molecule has 0 radical (unpaired) electrons. The number of nitrogens with one attached hydrogen (secondary N) is 1. The normalized spacial score (nSPS) is 11.6. The summed E-state index contributed by atoms with van der Waals surface area (Å²) >= 11 is 11.6. The molecule has 0 heterocycles. The Morgan fingerprint density at radius 3 is 2.35 bits per heavy atom. The molecule has 0 aromatic heterocycles. The second-order valence-electron chi connectivity index (χ2n) is 4.82. The molecule has 0 unspecified atom stereocenters. The Hall–Kier alpha value is -1.46. The third-order valence-electron chi connectivity index (χ3n) is 3.29. The standard InChI is InChI=1S/C16H22Cl2N2O3/c1-2-23-16(22)15(19-12-21)11-13-3-5-14(6-4-13)20(9-7-17)10-8-18/h3-6,12,15H,2,7-11H2,1H3,(H,19,21)/t15-/m0/s1. The Bertz CT molecular complexity index is 477. The van der Waals surface area contributed by atoms with Gasteiger partial charge in [-0.2, -0.15) is 0 Å². The van der Waals surface area contributed by atoms with Gasteiger partial charge in [0.05, 0.1) is 6.61 Å². The quantitative estimate of drug-likeness (QED) is 0.373. The molecule has 0 aliphatic heterocycles. The first-order valence-corrected chi connectivity index (χ1v) is 8.55. The molecule has 0 aliphatic carbocycles. The van der Waals surface area contributed by atoms with Gasteiger partial charge in [0.15, 0.2) is 0 Å². The Morgan fingerprint density at radius 1 is 1.26 bits per heavy atom. The van der Waals surface area contributed by atoms with Crippen molar-refractivity contribution in [1.82, 2.24) is 5.32 Å². The summed E-state index contributed by atoms with van der Waals surface area (Å²) in [4.78, 5) is 24.5. The number of amides is 1. The summed E-state index contributed by atoms with van der Waals surface area (Å²) in [7, 11) is 0. The van der Waals surface area contributed by atoms with E-state index in [0.29, 0.717) is 37.7 Å². The molecule has 128 valence electrons. The van der Waals surface area contributed by atoms with Crippen molar-refractivity contribution in [2.24, 2.45) is 0 Å². The summed E-state index contributed by atoms with van der Waals surface area (Å²) in [5.74, 6) is 0.606. The zero-order valence-electron chi connectivity index (χ0n) is 13.1. The highest BCUT2D eigenvalue weighted by Crippen LogP contribution is 2.16. The van der Waals surface area contributed by atoms with Gasteiger partial charge in [0, 0.05) is 37.0 Å². The number of benzene rings is 1. The van der Waals surface area contributed by atoms with Crippen molar-refractivity contribution in [2.75, 3.05) is 36.4 Å². The van der Waals surface area contributed by atoms with Gasteiger partial charge in [-0.15, -0.1) is 23.2 Å². The summed E-state index contributed by atoms with van der Waals surface area (Å²) in [6, 6.07) is 7.07. The van der Waals surface area contributed by atoms with Crippen LogP contribution in [0.4, 0.5) is 5.69 Å². The second kappa shape index (κ2) is 11.1. The highest BCUT2D eigenvalue weighted by Gasteiger charge is 2.19. The number of alkyl halides is 2. The minimum atomic E-state index is -0.680. The third kappa shape index (κ3) is 6.67. The van der Waals surface area contributed by atoms with E-state index < -0.39 is 12.0 Å². The molecule has 1 amide bonds. The maximum Gasteiger partial charge on any atom is 0.328 e. The highest BCUT2D eigenvalue weighted by atomic mass is 35.5. The van der Waals surface area contributed by atoms with Crippen molar-refractivity contribution in [3.63, 3.8) is 0 Å². The van der Waals surface area contributed by atoms with E-state index in [4.69, 9.17) is 27.9 Å². The topological polar surface area (TPSA) is 58.6 Å². The van der Waals surface area contributed by atoms with Crippen molar-refractivity contribution >= 4 is 41.3 Å². The van der Waals surface area contributed by atoms with Gasteiger partial charge in [-0.3, -0.25) is 4.79 Å². The Labute approximate surface area is 146 Å². The Morgan fingerprint density at radius 2 is 1.87 bits per heavy atom. The molecule has 0 aliphatic rings. The van der Waals surface area contributed by atoms with Gasteiger partial charge >= 0.3 is 5.97 Å². The number of halogens is 2. The van der Waals surface area contributed by atoms with Crippen LogP contribution in [0.5, 0.6) is 0 Å². The largest absolute Gasteiger partial charge is 0.464 e. The number of anilines is 1. The number of carbonyl (C=O) groups excluding carboxylic acids is 2. The van der Waals surface area contributed by atoms with Crippen LogP contribution < -0.4 is 10.2 Å². The van der Waals surface area contributed by atoms with Gasteiger partial charge in [0.1, 0.15) is 6.04 Å². The van der Waals surface area contributed by atoms with Crippen LogP contribution in [0.2, 0.25) is 0 Å². The number of hydrogen-bond acceptors (Lipinski definition) is 4. The zero-order valence-corrected chi connectivity index (χ0v) is 14.6. The molecule has 1 N–H and O–H groups in total. The molecule has 0 fully saturated rings. The molecule has 0 saturated heterocycles. The van der Waals surface area contributed by atoms with Gasteiger partial charge in [-0.25, -0.2) is 4.79 Å². The highest BCUT2D eigenvalue weighted by molar-refractivity contribution is 6.18. The molecule has 23 heavy (non-hydrogen) atoms. The summed E-state index contributed by atoms with van der Waals surface area (Å²) in [6.45, 7) is 3.44. The summed E-state index contributed by atoms with van der Waals surface area (Å²) in [5, 5.41) is 2.49. The van der Waals surface area contributed by atoms with E-state index in [0.717, 1.165) is 11.3 Å².